The van der Waals surface area contributed by atoms with Crippen molar-refractivity contribution in [3.63, 3.8) is 0 Å². The molecule has 0 amide bonds. The number of hydrogen-bond donors (Lipinski definition) is 2. The molecule has 0 bridgehead atoms. The van der Waals surface area contributed by atoms with E-state index in [0.29, 0.717) is 11.6 Å². The van der Waals surface area contributed by atoms with Gasteiger partial charge in [0.15, 0.2) is 0 Å². The van der Waals surface area contributed by atoms with Crippen LogP contribution in [0.15, 0.2) is 35.7 Å². The van der Waals surface area contributed by atoms with Gasteiger partial charge in [0, 0.05) is 23.0 Å². The van der Waals surface area contributed by atoms with E-state index < -0.39 is 6.10 Å². The van der Waals surface area contributed by atoms with Crippen molar-refractivity contribution in [2.45, 2.75) is 19.6 Å². The maximum absolute atomic E-state index is 10.0. The lowest BCUT2D eigenvalue weighted by Crippen LogP contribution is -2.20. The zero-order chi connectivity index (χ0) is 13.0. The van der Waals surface area contributed by atoms with Crippen molar-refractivity contribution >= 4 is 22.9 Å². The van der Waals surface area contributed by atoms with Crippen molar-refractivity contribution < 1.29 is 5.11 Å². The fourth-order valence-electron chi connectivity index (χ4n) is 1.71. The highest BCUT2D eigenvalue weighted by atomic mass is 35.5. The number of aliphatic hydroxyl groups is 1. The largest absolute Gasteiger partial charge is 0.387 e. The lowest BCUT2D eigenvalue weighted by molar-refractivity contribution is 0.174. The zero-order valence-electron chi connectivity index (χ0n) is 10.2. The van der Waals surface area contributed by atoms with Crippen LogP contribution in [0.2, 0.25) is 5.02 Å². The molecule has 0 spiro atoms. The molecule has 0 aliphatic heterocycles. The van der Waals surface area contributed by atoms with Gasteiger partial charge < -0.3 is 10.4 Å². The number of rotatable bonds is 5. The van der Waals surface area contributed by atoms with E-state index in [0.717, 1.165) is 12.1 Å². The van der Waals surface area contributed by atoms with E-state index in [2.05, 4.69) is 23.7 Å². The monoisotopic (exact) mass is 281 g/mol. The molecule has 0 saturated heterocycles. The first kappa shape index (κ1) is 13.6. The molecule has 1 aromatic heterocycles. The molecule has 0 saturated carbocycles. The summed E-state index contributed by atoms with van der Waals surface area (Å²) in [5, 5.41) is 16.0. The second-order valence-electron chi connectivity index (χ2n) is 4.23. The maximum atomic E-state index is 10.0. The van der Waals surface area contributed by atoms with Crippen molar-refractivity contribution in [2.24, 2.45) is 0 Å². The highest BCUT2D eigenvalue weighted by Gasteiger charge is 2.07. The van der Waals surface area contributed by atoms with Crippen molar-refractivity contribution in [3.8, 4) is 0 Å². The fraction of sp³-hybridized carbons (Fsp3) is 0.286. The Balaban J connectivity index is 1.83. The first-order chi connectivity index (χ1) is 8.66. The molecule has 0 aliphatic carbocycles. The van der Waals surface area contributed by atoms with E-state index in [1.165, 1.54) is 10.4 Å². The summed E-state index contributed by atoms with van der Waals surface area (Å²) in [4.78, 5) is 1.32. The molecular formula is C14H16ClNOS. The van der Waals surface area contributed by atoms with Crippen LogP contribution in [-0.4, -0.2) is 11.7 Å². The molecule has 1 aromatic carbocycles. The number of hydrogen-bond acceptors (Lipinski definition) is 3. The molecule has 0 fully saturated rings. The quantitative estimate of drug-likeness (QED) is 0.879. The minimum absolute atomic E-state index is 0.498. The Labute approximate surface area is 116 Å². The molecule has 4 heteroatoms. The molecule has 1 atom stereocenters. The first-order valence-electron chi connectivity index (χ1n) is 5.84. The molecular weight excluding hydrogens is 266 g/mol. The molecule has 2 N–H and O–H groups in total. The van der Waals surface area contributed by atoms with Crippen molar-refractivity contribution in [1.29, 1.82) is 0 Å². The van der Waals surface area contributed by atoms with Gasteiger partial charge in [-0.25, -0.2) is 0 Å². The van der Waals surface area contributed by atoms with E-state index in [-0.39, 0.29) is 0 Å². The van der Waals surface area contributed by atoms with Crippen LogP contribution in [0.3, 0.4) is 0 Å². The highest BCUT2D eigenvalue weighted by Crippen LogP contribution is 2.17. The molecule has 18 heavy (non-hydrogen) atoms. The number of benzene rings is 1. The molecule has 0 aliphatic rings. The number of aliphatic hydroxyl groups excluding tert-OH is 1. The third-order valence-electron chi connectivity index (χ3n) is 2.85. The van der Waals surface area contributed by atoms with Gasteiger partial charge in [0.1, 0.15) is 0 Å². The second-order valence-corrected chi connectivity index (χ2v) is 5.66. The average molecular weight is 282 g/mol. The van der Waals surface area contributed by atoms with Gasteiger partial charge in [-0.3, -0.25) is 0 Å². The van der Waals surface area contributed by atoms with Gasteiger partial charge in [-0.1, -0.05) is 23.7 Å². The van der Waals surface area contributed by atoms with Crippen LogP contribution in [0.1, 0.15) is 22.1 Å². The number of halogens is 1. The number of aryl methyl sites for hydroxylation is 1. The lowest BCUT2D eigenvalue weighted by atomic mass is 10.1. The Hall–Kier alpha value is -0.870. The summed E-state index contributed by atoms with van der Waals surface area (Å²) in [6.45, 7) is 3.44. The first-order valence-corrected chi connectivity index (χ1v) is 7.10. The normalized spacial score (nSPS) is 12.6. The van der Waals surface area contributed by atoms with E-state index in [1.807, 2.05) is 12.1 Å². The van der Waals surface area contributed by atoms with Crippen molar-refractivity contribution in [2.75, 3.05) is 6.54 Å². The zero-order valence-corrected chi connectivity index (χ0v) is 11.8. The smallest absolute Gasteiger partial charge is 0.0914 e. The summed E-state index contributed by atoms with van der Waals surface area (Å²) in [6.07, 6.45) is -0.498. The number of nitrogens with one attached hydrogen (secondary N) is 1. The van der Waals surface area contributed by atoms with Gasteiger partial charge in [0.2, 0.25) is 0 Å². The summed E-state index contributed by atoms with van der Waals surface area (Å²) < 4.78 is 0. The average Bonchev–Trinajstić information content (AvgIpc) is 2.76. The van der Waals surface area contributed by atoms with Gasteiger partial charge in [-0.15, -0.1) is 11.3 Å². The van der Waals surface area contributed by atoms with Gasteiger partial charge in [0.05, 0.1) is 6.10 Å². The van der Waals surface area contributed by atoms with Crippen LogP contribution in [-0.2, 0) is 6.54 Å². The van der Waals surface area contributed by atoms with Gasteiger partial charge in [-0.05, 0) is 41.6 Å². The van der Waals surface area contributed by atoms with Gasteiger partial charge in [0.25, 0.3) is 0 Å². The Morgan fingerprint density at radius 3 is 2.61 bits per heavy atom. The summed E-state index contributed by atoms with van der Waals surface area (Å²) in [6, 6.07) is 9.40. The lowest BCUT2D eigenvalue weighted by Gasteiger charge is -2.12. The topological polar surface area (TPSA) is 32.3 Å². The molecule has 1 unspecified atom stereocenters. The van der Waals surface area contributed by atoms with Crippen LogP contribution in [0.4, 0.5) is 0 Å². The van der Waals surface area contributed by atoms with Crippen LogP contribution < -0.4 is 5.32 Å². The highest BCUT2D eigenvalue weighted by molar-refractivity contribution is 7.10. The molecule has 2 aromatic rings. The third kappa shape index (κ3) is 3.56. The van der Waals surface area contributed by atoms with Crippen molar-refractivity contribution in [1.82, 2.24) is 5.32 Å². The second kappa shape index (κ2) is 6.34. The Bertz CT molecular complexity index is 495. The van der Waals surface area contributed by atoms with E-state index >= 15 is 0 Å². The summed E-state index contributed by atoms with van der Waals surface area (Å²) in [5.41, 5.74) is 2.18. The maximum Gasteiger partial charge on any atom is 0.0914 e. The molecule has 2 rings (SSSR count). The number of thiophene rings is 1. The SMILES string of the molecule is Cc1ccsc1CNCC(O)c1ccc(Cl)cc1. The molecule has 2 nitrogen and oxygen atoms in total. The fourth-order valence-corrected chi connectivity index (χ4v) is 2.71. The Morgan fingerprint density at radius 1 is 1.28 bits per heavy atom. The predicted octanol–water partition coefficient (Wildman–Crippen LogP) is 3.53. The standard InChI is InChI=1S/C14H16ClNOS/c1-10-6-7-18-14(10)9-16-8-13(17)11-2-4-12(15)5-3-11/h2-7,13,16-17H,8-9H2,1H3. The van der Waals surface area contributed by atoms with Crippen LogP contribution in [0.25, 0.3) is 0 Å². The third-order valence-corrected chi connectivity index (χ3v) is 4.12. The van der Waals surface area contributed by atoms with Crippen LogP contribution in [0, 0.1) is 6.92 Å². The predicted molar refractivity (Wildman–Crippen MR) is 77.2 cm³/mol. The van der Waals surface area contributed by atoms with Gasteiger partial charge in [-0.2, -0.15) is 0 Å². The van der Waals surface area contributed by atoms with E-state index in [9.17, 15) is 5.11 Å². The molecule has 0 radical (unpaired) electrons. The summed E-state index contributed by atoms with van der Waals surface area (Å²) in [7, 11) is 0. The van der Waals surface area contributed by atoms with E-state index in [4.69, 9.17) is 11.6 Å². The van der Waals surface area contributed by atoms with E-state index in [1.54, 1.807) is 23.5 Å². The minimum atomic E-state index is -0.498. The van der Waals surface area contributed by atoms with Crippen LogP contribution >= 0.6 is 22.9 Å². The van der Waals surface area contributed by atoms with Crippen molar-refractivity contribution in [3.05, 3.63) is 56.7 Å². The Kier molecular flexibility index (Phi) is 4.78. The molecule has 1 heterocycles. The van der Waals surface area contributed by atoms with Crippen LogP contribution in [0.5, 0.6) is 0 Å². The minimum Gasteiger partial charge on any atom is -0.387 e. The summed E-state index contributed by atoms with van der Waals surface area (Å²) >= 11 is 7.55. The summed E-state index contributed by atoms with van der Waals surface area (Å²) in [5.74, 6) is 0. The van der Waals surface area contributed by atoms with Gasteiger partial charge >= 0.3 is 0 Å². The molecule has 96 valence electrons. The Morgan fingerprint density at radius 2 is 2.00 bits per heavy atom.